The van der Waals surface area contributed by atoms with Crippen molar-refractivity contribution in [2.45, 2.75) is 0 Å². The van der Waals surface area contributed by atoms with Gasteiger partial charge in [0.15, 0.2) is 17.5 Å². The van der Waals surface area contributed by atoms with Crippen molar-refractivity contribution in [3.8, 4) is 95.5 Å². The Labute approximate surface area is 546 Å². The first-order valence-corrected chi connectivity index (χ1v) is 32.1. The van der Waals surface area contributed by atoms with Crippen LogP contribution >= 0.6 is 0 Å². The lowest BCUT2D eigenvalue weighted by atomic mass is 9.33. The third-order valence-corrected chi connectivity index (χ3v) is 18.8. The van der Waals surface area contributed by atoms with Gasteiger partial charge >= 0.3 is 0 Å². The van der Waals surface area contributed by atoms with Crippen LogP contribution < -0.4 is 26.2 Å². The molecule has 18 rings (SSSR count). The summed E-state index contributed by atoms with van der Waals surface area (Å²) in [6.45, 7) is -0.134. The number of anilines is 6. The molecule has 2 aromatic heterocycles. The first-order chi connectivity index (χ1) is 46.6. The van der Waals surface area contributed by atoms with Crippen molar-refractivity contribution < 1.29 is 0 Å². The van der Waals surface area contributed by atoms with Crippen LogP contribution in [0.5, 0.6) is 0 Å². The van der Waals surface area contributed by atoms with Crippen LogP contribution in [0, 0.1) is 0 Å². The molecule has 14 aromatic carbocycles. The van der Waals surface area contributed by atoms with Gasteiger partial charge in [-0.1, -0.05) is 255 Å². The summed E-state index contributed by atoms with van der Waals surface area (Å²) in [4.78, 5) is 20.2. The summed E-state index contributed by atoms with van der Waals surface area (Å²) in [5, 5.41) is 2.34. The Morgan fingerprint density at radius 1 is 0.213 bits per heavy atom. The van der Waals surface area contributed by atoms with E-state index >= 15 is 0 Å². The minimum absolute atomic E-state index is 0.134. The average Bonchev–Trinajstić information content (AvgIpc) is 0.764. The number of rotatable bonds is 11. The molecule has 0 fully saturated rings. The highest BCUT2D eigenvalue weighted by Gasteiger charge is 2.44. The van der Waals surface area contributed by atoms with Crippen molar-refractivity contribution in [1.29, 1.82) is 0 Å². The molecule has 2 aliphatic rings. The number of fused-ring (bicyclic) bond motifs is 7. The number of benzene rings is 14. The maximum atomic E-state index is 5.07. The normalized spacial score (nSPS) is 12.2. The zero-order valence-electron chi connectivity index (χ0n) is 51.2. The van der Waals surface area contributed by atoms with Crippen LogP contribution in [0.2, 0.25) is 0 Å². The van der Waals surface area contributed by atoms with E-state index in [1.54, 1.807) is 0 Å². The van der Waals surface area contributed by atoms with Crippen LogP contribution in [0.15, 0.2) is 346 Å². The molecule has 0 amide bonds. The van der Waals surface area contributed by atoms with E-state index in [1.807, 2.05) is 60.7 Å². The zero-order valence-corrected chi connectivity index (χ0v) is 51.2. The third kappa shape index (κ3) is 9.48. The van der Waals surface area contributed by atoms with Gasteiger partial charge in [-0.2, -0.15) is 0 Å². The van der Waals surface area contributed by atoms with Gasteiger partial charge in [-0.25, -0.2) is 15.0 Å². The van der Waals surface area contributed by atoms with Crippen molar-refractivity contribution in [2.24, 2.45) is 0 Å². The quantitative estimate of drug-likeness (QED) is 0.121. The number of hydrogen-bond acceptors (Lipinski definition) is 5. The fourth-order valence-corrected chi connectivity index (χ4v) is 14.3. The fraction of sp³-hybridized carbons (Fsp3) is 0. The summed E-state index contributed by atoms with van der Waals surface area (Å²) in [5.41, 5.74) is 28.2. The van der Waals surface area contributed by atoms with Gasteiger partial charge in [0.05, 0.1) is 11.0 Å². The molecule has 0 N–H and O–H groups in total. The van der Waals surface area contributed by atoms with Gasteiger partial charge in [0.2, 0.25) is 0 Å². The van der Waals surface area contributed by atoms with Gasteiger partial charge < -0.3 is 14.4 Å². The van der Waals surface area contributed by atoms with Crippen molar-refractivity contribution in [2.75, 3.05) is 9.80 Å². The summed E-state index contributed by atoms with van der Waals surface area (Å²) in [6, 6.07) is 125. The van der Waals surface area contributed by atoms with E-state index in [0.29, 0.717) is 17.5 Å². The van der Waals surface area contributed by atoms with E-state index < -0.39 is 0 Å². The molecule has 4 heterocycles. The monoisotopic (exact) mass is 1200 g/mol. The average molecular weight is 1200 g/mol. The SMILES string of the molecule is c1ccc(-c2ccc(N3c4ccc(-c5ccccc5)cc4B4c5cc(-c6ccccc6)ccc5N(c5ccc(-c6ccccc6)cc5)c5cc(-c6ccc7c(c6)c6ccccc6n7-c6ccc(-c7nc(-c8ccccc8)nc(-c8ccccc8)n7)cc6)cc3c54)cc2)cc1. The molecule has 7 heteroatoms. The second-order valence-electron chi connectivity index (χ2n) is 24.3. The first kappa shape index (κ1) is 54.5. The summed E-state index contributed by atoms with van der Waals surface area (Å²) >= 11 is 0. The second kappa shape index (κ2) is 22.8. The highest BCUT2D eigenvalue weighted by molar-refractivity contribution is 7.00. The van der Waals surface area contributed by atoms with Gasteiger partial charge in [-0.3, -0.25) is 0 Å². The number of para-hydroxylation sites is 1. The molecule has 16 aromatic rings. The summed E-state index contributed by atoms with van der Waals surface area (Å²) in [6.07, 6.45) is 0. The molecule has 0 radical (unpaired) electrons. The highest BCUT2D eigenvalue weighted by atomic mass is 15.2. The van der Waals surface area contributed by atoms with Gasteiger partial charge in [0, 0.05) is 67.3 Å². The molecule has 0 atom stereocenters. The highest BCUT2D eigenvalue weighted by Crippen LogP contribution is 2.48. The standard InChI is InChI=1S/C87H57BN6/c1-7-21-58(22-8-1)62-35-44-72(45-36-62)93-80-51-42-68(60-25-11-3-12-26-60)54-76(80)88-77-55-69(61-27-13-4-14-28-61)43-52-81(77)94(73-46-37-63(38-47-73)59-23-9-2-10-24-59)83-57-70(56-82(93)84(83)88)67-41-50-79-75(53-67)74-33-19-20-34-78(74)92(79)71-48-39-66(40-49-71)87-90-85(64-29-15-5-16-30-64)89-86(91-87)65-31-17-6-18-32-65/h1-57H. The minimum Gasteiger partial charge on any atom is -0.311 e. The molecule has 438 valence electrons. The van der Waals surface area contributed by atoms with Gasteiger partial charge in [0.25, 0.3) is 6.71 Å². The van der Waals surface area contributed by atoms with E-state index in [4.69, 9.17) is 15.0 Å². The summed E-state index contributed by atoms with van der Waals surface area (Å²) in [5.74, 6) is 1.89. The van der Waals surface area contributed by atoms with Crippen LogP contribution in [-0.2, 0) is 0 Å². The van der Waals surface area contributed by atoms with Gasteiger partial charge in [0.1, 0.15) is 0 Å². The maximum absolute atomic E-state index is 5.07. The van der Waals surface area contributed by atoms with Gasteiger partial charge in [-0.15, -0.1) is 0 Å². The number of aromatic nitrogens is 4. The van der Waals surface area contributed by atoms with E-state index in [9.17, 15) is 0 Å². The lowest BCUT2D eigenvalue weighted by molar-refractivity contribution is 1.07. The van der Waals surface area contributed by atoms with Crippen LogP contribution in [-0.4, -0.2) is 26.2 Å². The molecule has 0 saturated carbocycles. The first-order valence-electron chi connectivity index (χ1n) is 32.1. The Hall–Kier alpha value is -12.4. The lowest BCUT2D eigenvalue weighted by Crippen LogP contribution is -2.61. The third-order valence-electron chi connectivity index (χ3n) is 18.8. The molecule has 94 heavy (non-hydrogen) atoms. The molecule has 0 aliphatic carbocycles. The zero-order chi connectivity index (χ0) is 62.1. The molecule has 0 saturated heterocycles. The van der Waals surface area contributed by atoms with Crippen LogP contribution in [0.25, 0.3) is 117 Å². The minimum atomic E-state index is -0.134. The van der Waals surface area contributed by atoms with E-state index in [0.717, 1.165) is 84.0 Å². The second-order valence-corrected chi connectivity index (χ2v) is 24.3. The Kier molecular flexibility index (Phi) is 13.2. The Balaban J connectivity index is 0.839. The van der Waals surface area contributed by atoms with E-state index in [-0.39, 0.29) is 6.71 Å². The van der Waals surface area contributed by atoms with Crippen molar-refractivity contribution >= 4 is 79.0 Å². The van der Waals surface area contributed by atoms with Crippen molar-refractivity contribution in [3.05, 3.63) is 346 Å². The Bertz CT molecular complexity index is 5260. The van der Waals surface area contributed by atoms with Crippen LogP contribution in [0.1, 0.15) is 0 Å². The topological polar surface area (TPSA) is 50.1 Å². The van der Waals surface area contributed by atoms with E-state index in [2.05, 4.69) is 299 Å². The Morgan fingerprint density at radius 3 is 0.979 bits per heavy atom. The van der Waals surface area contributed by atoms with Crippen molar-refractivity contribution in [3.63, 3.8) is 0 Å². The molecule has 0 spiro atoms. The lowest BCUT2D eigenvalue weighted by Gasteiger charge is -2.44. The molecule has 0 bridgehead atoms. The molecule has 2 aliphatic heterocycles. The number of nitrogens with zero attached hydrogens (tertiary/aromatic N) is 6. The van der Waals surface area contributed by atoms with Gasteiger partial charge in [-0.05, 0) is 163 Å². The maximum Gasteiger partial charge on any atom is 0.252 e. The molecule has 0 unspecified atom stereocenters. The summed E-state index contributed by atoms with van der Waals surface area (Å²) < 4.78 is 2.39. The van der Waals surface area contributed by atoms with Crippen LogP contribution in [0.4, 0.5) is 34.1 Å². The number of hydrogen-bond donors (Lipinski definition) is 0. The van der Waals surface area contributed by atoms with Crippen LogP contribution in [0.3, 0.4) is 0 Å². The van der Waals surface area contributed by atoms with Crippen molar-refractivity contribution in [1.82, 2.24) is 19.5 Å². The molecule has 6 nitrogen and oxygen atoms in total. The van der Waals surface area contributed by atoms with E-state index in [1.165, 1.54) is 66.3 Å². The predicted molar refractivity (Wildman–Crippen MR) is 392 cm³/mol. The summed E-state index contributed by atoms with van der Waals surface area (Å²) in [7, 11) is 0. The molecular weight excluding hydrogens is 1140 g/mol. The fourth-order valence-electron chi connectivity index (χ4n) is 14.3. The predicted octanol–water partition coefficient (Wildman–Crippen LogP) is 20.4. The Morgan fingerprint density at radius 2 is 0.532 bits per heavy atom. The largest absolute Gasteiger partial charge is 0.311 e. The molecular formula is C87H57BN6. The smallest absolute Gasteiger partial charge is 0.252 e.